The number of fused-ring (bicyclic) bond motifs is 1. The highest BCUT2D eigenvalue weighted by Crippen LogP contribution is 2.29. The van der Waals surface area contributed by atoms with E-state index in [0.29, 0.717) is 13.0 Å². The molecular weight excluding hydrogens is 326 g/mol. The van der Waals surface area contributed by atoms with E-state index < -0.39 is 11.5 Å². The van der Waals surface area contributed by atoms with Gasteiger partial charge in [-0.05, 0) is 16.7 Å². The van der Waals surface area contributed by atoms with E-state index >= 15 is 0 Å². The summed E-state index contributed by atoms with van der Waals surface area (Å²) in [4.78, 5) is 27.4. The van der Waals surface area contributed by atoms with Gasteiger partial charge in [-0.2, -0.15) is 0 Å². The molecule has 0 saturated heterocycles. The molecule has 1 aliphatic rings. The number of hydrogen-bond donors (Lipinski definition) is 0. The largest absolute Gasteiger partial charge is 0.459 e. The second kappa shape index (κ2) is 7.32. The summed E-state index contributed by atoms with van der Waals surface area (Å²) in [5.41, 5.74) is 2.58. The monoisotopic (exact) mass is 351 g/mol. The Morgan fingerprint density at radius 2 is 1.62 bits per heavy atom. The molecular formula is C22H25NO3. The standard InChI is InChI=1S/C22H25NO3/c1-22(2,3)21(25)23-14-18-12-8-7-11-17(18)13-19(23)20(24)26-15-16-9-5-4-6-10-16/h4-12,19H,13-15H2,1-3H3/t19-/m0/s1. The molecule has 0 N–H and O–H groups in total. The van der Waals surface area contributed by atoms with Gasteiger partial charge in [-0.25, -0.2) is 4.79 Å². The molecule has 136 valence electrons. The van der Waals surface area contributed by atoms with Crippen LogP contribution in [0.3, 0.4) is 0 Å². The lowest BCUT2D eigenvalue weighted by Crippen LogP contribution is -2.52. The van der Waals surface area contributed by atoms with Crippen LogP contribution in [0.4, 0.5) is 0 Å². The van der Waals surface area contributed by atoms with Crippen molar-refractivity contribution in [1.29, 1.82) is 0 Å². The van der Waals surface area contributed by atoms with Crippen LogP contribution in [0.15, 0.2) is 54.6 Å². The Labute approximate surface area is 154 Å². The van der Waals surface area contributed by atoms with Crippen molar-refractivity contribution in [2.45, 2.75) is 46.4 Å². The lowest BCUT2D eigenvalue weighted by molar-refractivity contribution is -0.160. The molecule has 4 nitrogen and oxygen atoms in total. The Hall–Kier alpha value is -2.62. The van der Waals surface area contributed by atoms with E-state index in [-0.39, 0.29) is 18.5 Å². The lowest BCUT2D eigenvalue weighted by atomic mass is 9.89. The molecule has 1 heterocycles. The molecule has 0 spiro atoms. The Balaban J connectivity index is 1.81. The Kier molecular flexibility index (Phi) is 5.12. The number of benzene rings is 2. The first-order valence-electron chi connectivity index (χ1n) is 8.94. The number of esters is 1. The van der Waals surface area contributed by atoms with Gasteiger partial charge in [0, 0.05) is 18.4 Å². The Bertz CT molecular complexity index is 793. The molecule has 1 aliphatic heterocycles. The van der Waals surface area contributed by atoms with Crippen LogP contribution < -0.4 is 0 Å². The molecule has 1 atom stereocenters. The first kappa shape index (κ1) is 18.2. The van der Waals surface area contributed by atoms with Crippen molar-refractivity contribution < 1.29 is 14.3 Å². The zero-order valence-corrected chi connectivity index (χ0v) is 15.6. The van der Waals surface area contributed by atoms with Gasteiger partial charge in [0.1, 0.15) is 12.6 Å². The van der Waals surface area contributed by atoms with Gasteiger partial charge in [0.15, 0.2) is 0 Å². The fourth-order valence-corrected chi connectivity index (χ4v) is 3.20. The van der Waals surface area contributed by atoms with Gasteiger partial charge in [0.05, 0.1) is 0 Å². The molecule has 0 saturated carbocycles. The van der Waals surface area contributed by atoms with E-state index in [1.165, 1.54) is 0 Å². The molecule has 2 aromatic carbocycles. The highest BCUT2D eigenvalue weighted by atomic mass is 16.5. The van der Waals surface area contributed by atoms with Crippen LogP contribution in [0.2, 0.25) is 0 Å². The van der Waals surface area contributed by atoms with Crippen LogP contribution in [-0.4, -0.2) is 22.8 Å². The first-order chi connectivity index (χ1) is 12.4. The normalized spacial score (nSPS) is 16.7. The van der Waals surface area contributed by atoms with E-state index in [2.05, 4.69) is 0 Å². The minimum absolute atomic E-state index is 0.0336. The minimum Gasteiger partial charge on any atom is -0.459 e. The molecule has 0 aromatic heterocycles. The highest BCUT2D eigenvalue weighted by molar-refractivity contribution is 5.88. The van der Waals surface area contributed by atoms with Crippen molar-refractivity contribution in [2.24, 2.45) is 5.41 Å². The van der Waals surface area contributed by atoms with Gasteiger partial charge in [-0.1, -0.05) is 75.4 Å². The summed E-state index contributed by atoms with van der Waals surface area (Å²) in [7, 11) is 0. The van der Waals surface area contributed by atoms with Gasteiger partial charge in [-0.3, -0.25) is 4.79 Å². The Morgan fingerprint density at radius 3 is 2.27 bits per heavy atom. The van der Waals surface area contributed by atoms with Crippen molar-refractivity contribution in [3.05, 3.63) is 71.3 Å². The highest BCUT2D eigenvalue weighted by Gasteiger charge is 2.39. The van der Waals surface area contributed by atoms with Gasteiger partial charge in [-0.15, -0.1) is 0 Å². The lowest BCUT2D eigenvalue weighted by Gasteiger charge is -2.38. The predicted octanol–water partition coefficient (Wildman–Crippen LogP) is 3.73. The summed E-state index contributed by atoms with van der Waals surface area (Å²) in [6, 6.07) is 17.0. The average Bonchev–Trinajstić information content (AvgIpc) is 2.64. The predicted molar refractivity (Wildman–Crippen MR) is 100 cm³/mol. The smallest absolute Gasteiger partial charge is 0.329 e. The van der Waals surface area contributed by atoms with Crippen molar-refractivity contribution in [3.8, 4) is 0 Å². The van der Waals surface area contributed by atoms with Crippen molar-refractivity contribution in [1.82, 2.24) is 4.90 Å². The maximum atomic E-state index is 12.9. The third-order valence-electron chi connectivity index (χ3n) is 4.65. The van der Waals surface area contributed by atoms with Gasteiger partial charge < -0.3 is 9.64 Å². The topological polar surface area (TPSA) is 46.6 Å². The number of nitrogens with zero attached hydrogens (tertiary/aromatic N) is 1. The summed E-state index contributed by atoms with van der Waals surface area (Å²) in [6.07, 6.45) is 0.492. The number of amides is 1. The van der Waals surface area contributed by atoms with Gasteiger partial charge >= 0.3 is 5.97 Å². The third-order valence-corrected chi connectivity index (χ3v) is 4.65. The van der Waals surface area contributed by atoms with Crippen LogP contribution in [0.1, 0.15) is 37.5 Å². The van der Waals surface area contributed by atoms with Crippen LogP contribution in [0.25, 0.3) is 0 Å². The molecule has 3 rings (SSSR count). The molecule has 0 fully saturated rings. The van der Waals surface area contributed by atoms with E-state index in [0.717, 1.165) is 16.7 Å². The molecule has 0 unspecified atom stereocenters. The average molecular weight is 351 g/mol. The Morgan fingerprint density at radius 1 is 1.00 bits per heavy atom. The number of rotatable bonds is 3. The number of ether oxygens (including phenoxy) is 1. The van der Waals surface area contributed by atoms with Gasteiger partial charge in [0.2, 0.25) is 5.91 Å². The van der Waals surface area contributed by atoms with Crippen LogP contribution in [0, 0.1) is 5.41 Å². The molecule has 4 heteroatoms. The molecule has 26 heavy (non-hydrogen) atoms. The number of carbonyl (C=O) groups is 2. The third kappa shape index (κ3) is 3.96. The summed E-state index contributed by atoms with van der Waals surface area (Å²) in [5, 5.41) is 0. The molecule has 0 aliphatic carbocycles. The molecule has 0 radical (unpaired) electrons. The summed E-state index contributed by atoms with van der Waals surface area (Å²) < 4.78 is 5.54. The molecule has 2 aromatic rings. The number of hydrogen-bond acceptors (Lipinski definition) is 3. The van der Waals surface area contributed by atoms with Crippen molar-refractivity contribution >= 4 is 11.9 Å². The second-order valence-corrected chi connectivity index (χ2v) is 7.76. The van der Waals surface area contributed by atoms with E-state index in [4.69, 9.17) is 4.74 Å². The maximum absolute atomic E-state index is 12.9. The maximum Gasteiger partial charge on any atom is 0.329 e. The quantitative estimate of drug-likeness (QED) is 0.792. The van der Waals surface area contributed by atoms with Crippen LogP contribution >= 0.6 is 0 Å². The molecule has 1 amide bonds. The minimum atomic E-state index is -0.583. The summed E-state index contributed by atoms with van der Waals surface area (Å²) in [5.74, 6) is -0.380. The fourth-order valence-electron chi connectivity index (χ4n) is 3.20. The summed E-state index contributed by atoms with van der Waals surface area (Å²) in [6.45, 7) is 6.29. The van der Waals surface area contributed by atoms with E-state index in [9.17, 15) is 9.59 Å². The SMILES string of the molecule is CC(C)(C)C(=O)N1Cc2ccccc2C[C@H]1C(=O)OCc1ccccc1. The van der Waals surface area contributed by atoms with Crippen LogP contribution in [-0.2, 0) is 33.9 Å². The fraction of sp³-hybridized carbons (Fsp3) is 0.364. The van der Waals surface area contributed by atoms with Crippen molar-refractivity contribution in [3.63, 3.8) is 0 Å². The first-order valence-corrected chi connectivity index (χ1v) is 8.94. The van der Waals surface area contributed by atoms with Gasteiger partial charge in [0.25, 0.3) is 0 Å². The van der Waals surface area contributed by atoms with Crippen molar-refractivity contribution in [2.75, 3.05) is 0 Å². The molecule has 0 bridgehead atoms. The van der Waals surface area contributed by atoms with E-state index in [1.54, 1.807) is 4.90 Å². The summed E-state index contributed by atoms with van der Waals surface area (Å²) >= 11 is 0. The number of carbonyl (C=O) groups excluding carboxylic acids is 2. The van der Waals surface area contributed by atoms with E-state index in [1.807, 2.05) is 75.4 Å². The second-order valence-electron chi connectivity index (χ2n) is 7.76. The zero-order valence-electron chi connectivity index (χ0n) is 15.6. The zero-order chi connectivity index (χ0) is 18.7. The van der Waals surface area contributed by atoms with Crippen LogP contribution in [0.5, 0.6) is 0 Å².